The van der Waals surface area contributed by atoms with Crippen molar-refractivity contribution in [1.82, 2.24) is 9.88 Å². The number of rotatable bonds is 3. The van der Waals surface area contributed by atoms with Crippen molar-refractivity contribution in [3.63, 3.8) is 0 Å². The third-order valence-corrected chi connectivity index (χ3v) is 4.57. The van der Waals surface area contributed by atoms with Crippen molar-refractivity contribution in [2.75, 3.05) is 13.1 Å². The van der Waals surface area contributed by atoms with Crippen LogP contribution in [-0.2, 0) is 0 Å². The fourth-order valence-electron chi connectivity index (χ4n) is 3.14. The average Bonchev–Trinajstić information content (AvgIpc) is 2.50. The summed E-state index contributed by atoms with van der Waals surface area (Å²) in [5, 5.41) is 1.66. The van der Waals surface area contributed by atoms with E-state index in [-0.39, 0.29) is 11.7 Å². The minimum Gasteiger partial charge on any atom is -0.490 e. The van der Waals surface area contributed by atoms with Crippen LogP contribution in [-0.4, -0.2) is 35.1 Å². The van der Waals surface area contributed by atoms with Gasteiger partial charge in [0.25, 0.3) is 5.56 Å². The van der Waals surface area contributed by atoms with Gasteiger partial charge >= 0.3 is 0 Å². The monoisotopic (exact) mass is 300 g/mol. The maximum atomic E-state index is 11.8. The van der Waals surface area contributed by atoms with Crippen LogP contribution in [0.5, 0.6) is 5.75 Å². The van der Waals surface area contributed by atoms with Gasteiger partial charge in [0.2, 0.25) is 0 Å². The van der Waals surface area contributed by atoms with Gasteiger partial charge in [-0.1, -0.05) is 0 Å². The van der Waals surface area contributed by atoms with Crippen molar-refractivity contribution in [3.8, 4) is 5.75 Å². The predicted octanol–water partition coefficient (Wildman–Crippen LogP) is 3.09. The van der Waals surface area contributed by atoms with Gasteiger partial charge in [-0.25, -0.2) is 0 Å². The highest BCUT2D eigenvalue weighted by molar-refractivity contribution is 5.83. The molecule has 4 nitrogen and oxygen atoms in total. The molecule has 2 heterocycles. The molecule has 1 aliphatic rings. The van der Waals surface area contributed by atoms with E-state index in [2.05, 4.69) is 23.7 Å². The van der Waals surface area contributed by atoms with E-state index in [4.69, 9.17) is 4.74 Å². The molecule has 0 bridgehead atoms. The lowest BCUT2D eigenvalue weighted by atomic mass is 10.1. The van der Waals surface area contributed by atoms with Crippen molar-refractivity contribution in [2.45, 2.75) is 45.8 Å². The number of fused-ring (bicyclic) bond motifs is 1. The number of nitrogens with zero attached hydrogens (tertiary/aromatic N) is 1. The highest BCUT2D eigenvalue weighted by atomic mass is 16.5. The Morgan fingerprint density at radius 1 is 1.27 bits per heavy atom. The molecule has 0 saturated carbocycles. The predicted molar refractivity (Wildman–Crippen MR) is 89.7 cm³/mol. The van der Waals surface area contributed by atoms with Crippen LogP contribution in [0.15, 0.2) is 29.2 Å². The van der Waals surface area contributed by atoms with Gasteiger partial charge in [0, 0.05) is 30.7 Å². The molecule has 0 spiro atoms. The third kappa shape index (κ3) is 3.02. The van der Waals surface area contributed by atoms with Gasteiger partial charge in [-0.3, -0.25) is 4.79 Å². The maximum absolute atomic E-state index is 11.8. The minimum absolute atomic E-state index is 0.0441. The van der Waals surface area contributed by atoms with E-state index >= 15 is 0 Å². The van der Waals surface area contributed by atoms with Crippen LogP contribution >= 0.6 is 0 Å². The Labute approximate surface area is 131 Å². The first-order valence-corrected chi connectivity index (χ1v) is 8.07. The third-order valence-electron chi connectivity index (χ3n) is 4.57. The van der Waals surface area contributed by atoms with E-state index in [9.17, 15) is 4.79 Å². The van der Waals surface area contributed by atoms with E-state index in [1.807, 2.05) is 25.1 Å². The summed E-state index contributed by atoms with van der Waals surface area (Å²) in [6, 6.07) is 6.45. The van der Waals surface area contributed by atoms with Crippen LogP contribution in [0.2, 0.25) is 0 Å². The first-order chi connectivity index (χ1) is 10.5. The molecule has 0 amide bonds. The number of aryl methyl sites for hydroxylation is 1. The van der Waals surface area contributed by atoms with E-state index in [0.29, 0.717) is 6.04 Å². The summed E-state index contributed by atoms with van der Waals surface area (Å²) >= 11 is 0. The molecule has 118 valence electrons. The summed E-state index contributed by atoms with van der Waals surface area (Å²) < 4.78 is 6.22. The fraction of sp³-hybridized carbons (Fsp3) is 0.500. The number of hydrogen-bond acceptors (Lipinski definition) is 3. The number of hydrogen-bond donors (Lipinski definition) is 1. The molecule has 0 unspecified atom stereocenters. The molecule has 1 fully saturated rings. The second kappa shape index (κ2) is 6.13. The Balaban J connectivity index is 1.77. The summed E-state index contributed by atoms with van der Waals surface area (Å²) in [5.41, 5.74) is 0.980. The zero-order chi connectivity index (χ0) is 15.7. The smallest absolute Gasteiger partial charge is 0.255 e. The molecule has 2 aromatic rings. The van der Waals surface area contributed by atoms with E-state index in [1.54, 1.807) is 6.20 Å². The van der Waals surface area contributed by atoms with Gasteiger partial charge in [0.15, 0.2) is 0 Å². The van der Waals surface area contributed by atoms with E-state index in [1.165, 1.54) is 0 Å². The first-order valence-electron chi connectivity index (χ1n) is 8.07. The number of aromatic amines is 1. The number of nitrogens with one attached hydrogen (secondary N) is 1. The van der Waals surface area contributed by atoms with Crippen LogP contribution in [0.25, 0.3) is 10.8 Å². The molecule has 1 N–H and O–H groups in total. The SMILES string of the molecule is Cc1cc2c(=O)[nH]ccc2cc1OC1CCN(C(C)C)CC1. The Hall–Kier alpha value is -1.81. The molecular weight excluding hydrogens is 276 g/mol. The zero-order valence-corrected chi connectivity index (χ0v) is 13.6. The number of benzene rings is 1. The Morgan fingerprint density at radius 2 is 2.00 bits per heavy atom. The van der Waals surface area contributed by atoms with Crippen molar-refractivity contribution in [1.29, 1.82) is 0 Å². The number of likely N-dealkylation sites (tertiary alicyclic amines) is 1. The molecule has 22 heavy (non-hydrogen) atoms. The topological polar surface area (TPSA) is 45.3 Å². The molecule has 0 aliphatic carbocycles. The summed E-state index contributed by atoms with van der Waals surface area (Å²) in [6.07, 6.45) is 4.08. The van der Waals surface area contributed by atoms with E-state index < -0.39 is 0 Å². The molecule has 1 aromatic heterocycles. The van der Waals surface area contributed by atoms with Crippen LogP contribution < -0.4 is 10.3 Å². The molecular formula is C18H24N2O2. The van der Waals surface area contributed by atoms with Gasteiger partial charge in [-0.2, -0.15) is 0 Å². The zero-order valence-electron chi connectivity index (χ0n) is 13.6. The first kappa shape index (κ1) is 15.1. The normalized spacial score (nSPS) is 17.3. The fourth-order valence-corrected chi connectivity index (χ4v) is 3.14. The van der Waals surface area contributed by atoms with Crippen molar-refractivity contribution >= 4 is 10.8 Å². The summed E-state index contributed by atoms with van der Waals surface area (Å²) in [6.45, 7) is 8.67. The lowest BCUT2D eigenvalue weighted by Crippen LogP contribution is -2.41. The van der Waals surface area contributed by atoms with Crippen molar-refractivity contribution in [2.24, 2.45) is 0 Å². The molecule has 4 heteroatoms. The van der Waals surface area contributed by atoms with Gasteiger partial charge in [-0.15, -0.1) is 0 Å². The lowest BCUT2D eigenvalue weighted by molar-refractivity contribution is 0.0839. The number of ether oxygens (including phenoxy) is 1. The molecule has 1 aliphatic heterocycles. The maximum Gasteiger partial charge on any atom is 0.255 e. The molecule has 0 radical (unpaired) electrons. The average molecular weight is 300 g/mol. The minimum atomic E-state index is -0.0441. The second-order valence-electron chi connectivity index (χ2n) is 6.46. The molecule has 3 rings (SSSR count). The number of H-pyrrole nitrogens is 1. The van der Waals surface area contributed by atoms with E-state index in [0.717, 1.165) is 48.0 Å². The summed E-state index contributed by atoms with van der Waals surface area (Å²) in [4.78, 5) is 17.0. The summed E-state index contributed by atoms with van der Waals surface area (Å²) in [5.74, 6) is 0.904. The Bertz CT molecular complexity index is 713. The van der Waals surface area contributed by atoms with Gasteiger partial charge in [0.05, 0.1) is 0 Å². The van der Waals surface area contributed by atoms with Crippen molar-refractivity contribution in [3.05, 3.63) is 40.3 Å². The van der Waals surface area contributed by atoms with Crippen LogP contribution in [0.1, 0.15) is 32.3 Å². The number of aromatic nitrogens is 1. The Morgan fingerprint density at radius 3 is 2.68 bits per heavy atom. The Kier molecular flexibility index (Phi) is 4.21. The van der Waals surface area contributed by atoms with Gasteiger partial charge in [-0.05, 0) is 62.8 Å². The van der Waals surface area contributed by atoms with Crippen LogP contribution in [0.4, 0.5) is 0 Å². The standard InChI is InChI=1S/C18H24N2O2/c1-12(2)20-8-5-15(6-9-20)22-17-11-14-4-7-19-18(21)16(14)10-13(17)3/h4,7,10-12,15H,5-6,8-9H2,1-3H3,(H,19,21). The second-order valence-corrected chi connectivity index (χ2v) is 6.46. The van der Waals surface area contributed by atoms with Crippen LogP contribution in [0.3, 0.4) is 0 Å². The van der Waals surface area contributed by atoms with Crippen LogP contribution in [0, 0.1) is 6.92 Å². The molecule has 1 saturated heterocycles. The number of pyridine rings is 1. The highest BCUT2D eigenvalue weighted by Crippen LogP contribution is 2.27. The molecule has 1 aromatic carbocycles. The number of piperidine rings is 1. The lowest BCUT2D eigenvalue weighted by Gasteiger charge is -2.34. The van der Waals surface area contributed by atoms with Gasteiger partial charge in [0.1, 0.15) is 11.9 Å². The highest BCUT2D eigenvalue weighted by Gasteiger charge is 2.22. The largest absolute Gasteiger partial charge is 0.490 e. The van der Waals surface area contributed by atoms with Crippen molar-refractivity contribution < 1.29 is 4.74 Å². The molecule has 0 atom stereocenters. The van der Waals surface area contributed by atoms with Gasteiger partial charge < -0.3 is 14.6 Å². The summed E-state index contributed by atoms with van der Waals surface area (Å²) in [7, 11) is 0. The quantitative estimate of drug-likeness (QED) is 0.947.